The third kappa shape index (κ3) is 2.50. The molecule has 1 aliphatic carbocycles. The molecule has 0 bridgehead atoms. The van der Waals surface area contributed by atoms with Gasteiger partial charge in [0.25, 0.3) is 0 Å². The van der Waals surface area contributed by atoms with Crippen molar-refractivity contribution in [1.82, 2.24) is 0 Å². The Balaban J connectivity index is 2.08. The van der Waals surface area contributed by atoms with E-state index in [1.165, 1.54) is 0 Å². The van der Waals surface area contributed by atoms with E-state index in [9.17, 15) is 9.90 Å². The Hall–Kier alpha value is -1.51. The monoisotopic (exact) mass is 248 g/mol. The van der Waals surface area contributed by atoms with Crippen LogP contribution in [0, 0.1) is 5.41 Å². The van der Waals surface area contributed by atoms with Crippen LogP contribution in [0.3, 0.4) is 0 Å². The average Bonchev–Trinajstić information content (AvgIpc) is 2.87. The molecule has 3 heteroatoms. The van der Waals surface area contributed by atoms with Crippen LogP contribution < -0.4 is 4.74 Å². The lowest BCUT2D eigenvalue weighted by atomic mass is 9.87. The highest BCUT2D eigenvalue weighted by molar-refractivity contribution is 5.75. The van der Waals surface area contributed by atoms with Crippen LogP contribution in [0.2, 0.25) is 0 Å². The Kier molecular flexibility index (Phi) is 3.90. The predicted molar refractivity (Wildman–Crippen MR) is 69.9 cm³/mol. The SMILES string of the molecule is CCc1ccccc1OCC1(C(=O)O)CCCC1. The standard InChI is InChI=1S/C15H20O3/c1-2-12-7-3-4-8-13(12)18-11-15(14(16)17)9-5-6-10-15/h3-4,7-8H,2,5-6,9-11H2,1H3,(H,16,17). The third-order valence-corrected chi connectivity index (χ3v) is 3.87. The molecule has 1 saturated carbocycles. The van der Waals surface area contributed by atoms with Gasteiger partial charge in [-0.1, -0.05) is 38.0 Å². The van der Waals surface area contributed by atoms with E-state index in [-0.39, 0.29) is 0 Å². The molecule has 1 aromatic rings. The number of carbonyl (C=O) groups is 1. The van der Waals surface area contributed by atoms with E-state index in [1.807, 2.05) is 24.3 Å². The molecule has 0 atom stereocenters. The Bertz CT molecular complexity index is 420. The first-order chi connectivity index (χ1) is 8.68. The average molecular weight is 248 g/mol. The van der Waals surface area contributed by atoms with Gasteiger partial charge in [0.1, 0.15) is 17.8 Å². The molecular formula is C15H20O3. The fourth-order valence-electron chi connectivity index (χ4n) is 2.62. The maximum absolute atomic E-state index is 11.4. The van der Waals surface area contributed by atoms with E-state index >= 15 is 0 Å². The van der Waals surface area contributed by atoms with E-state index in [0.717, 1.165) is 43.4 Å². The summed E-state index contributed by atoms with van der Waals surface area (Å²) in [7, 11) is 0. The summed E-state index contributed by atoms with van der Waals surface area (Å²) in [6, 6.07) is 7.85. The second-order valence-electron chi connectivity index (χ2n) is 5.04. The van der Waals surface area contributed by atoms with Gasteiger partial charge in [0.05, 0.1) is 0 Å². The summed E-state index contributed by atoms with van der Waals surface area (Å²) in [5, 5.41) is 9.39. The molecule has 1 aliphatic rings. The number of para-hydroxylation sites is 1. The second kappa shape index (κ2) is 5.42. The van der Waals surface area contributed by atoms with Crippen LogP contribution in [0.5, 0.6) is 5.75 Å². The quantitative estimate of drug-likeness (QED) is 0.869. The van der Waals surface area contributed by atoms with Crippen molar-refractivity contribution in [3.05, 3.63) is 29.8 Å². The topological polar surface area (TPSA) is 46.5 Å². The summed E-state index contributed by atoms with van der Waals surface area (Å²) in [6.45, 7) is 2.37. The van der Waals surface area contributed by atoms with Crippen molar-refractivity contribution < 1.29 is 14.6 Å². The van der Waals surface area contributed by atoms with Gasteiger partial charge in [-0.15, -0.1) is 0 Å². The molecule has 18 heavy (non-hydrogen) atoms. The van der Waals surface area contributed by atoms with Gasteiger partial charge in [0, 0.05) is 0 Å². The van der Waals surface area contributed by atoms with Crippen molar-refractivity contribution in [1.29, 1.82) is 0 Å². The largest absolute Gasteiger partial charge is 0.492 e. The molecule has 3 nitrogen and oxygen atoms in total. The van der Waals surface area contributed by atoms with Gasteiger partial charge in [0.15, 0.2) is 0 Å². The molecule has 1 aromatic carbocycles. The zero-order chi connectivity index (χ0) is 13.0. The number of hydrogen-bond acceptors (Lipinski definition) is 2. The molecule has 98 valence electrons. The van der Waals surface area contributed by atoms with Crippen LogP contribution >= 0.6 is 0 Å². The molecule has 0 amide bonds. The van der Waals surface area contributed by atoms with Crippen molar-refractivity contribution in [2.45, 2.75) is 39.0 Å². The Labute approximate surface area is 108 Å². The molecule has 2 rings (SSSR count). The van der Waals surface area contributed by atoms with Gasteiger partial charge in [0.2, 0.25) is 0 Å². The Morgan fingerprint density at radius 1 is 1.33 bits per heavy atom. The lowest BCUT2D eigenvalue weighted by Crippen LogP contribution is -2.34. The maximum atomic E-state index is 11.4. The number of hydrogen-bond donors (Lipinski definition) is 1. The smallest absolute Gasteiger partial charge is 0.313 e. The number of aryl methyl sites for hydroxylation is 1. The van der Waals surface area contributed by atoms with Crippen LogP contribution in [-0.2, 0) is 11.2 Å². The number of rotatable bonds is 5. The molecule has 1 fully saturated rings. The summed E-state index contributed by atoms with van der Waals surface area (Å²) in [4.78, 5) is 11.4. The number of benzene rings is 1. The van der Waals surface area contributed by atoms with Gasteiger partial charge in [-0.25, -0.2) is 0 Å². The molecular weight excluding hydrogens is 228 g/mol. The molecule has 0 aromatic heterocycles. The van der Waals surface area contributed by atoms with Crippen LogP contribution in [0.4, 0.5) is 0 Å². The second-order valence-corrected chi connectivity index (χ2v) is 5.04. The summed E-state index contributed by atoms with van der Waals surface area (Å²) < 4.78 is 5.80. The summed E-state index contributed by atoms with van der Waals surface area (Å²) in [6.07, 6.45) is 4.35. The number of ether oxygens (including phenoxy) is 1. The fraction of sp³-hybridized carbons (Fsp3) is 0.533. The number of carboxylic acid groups (broad SMARTS) is 1. The fourth-order valence-corrected chi connectivity index (χ4v) is 2.62. The minimum atomic E-state index is -0.714. The molecule has 0 radical (unpaired) electrons. The summed E-state index contributed by atoms with van der Waals surface area (Å²) in [5.74, 6) is 0.113. The third-order valence-electron chi connectivity index (χ3n) is 3.87. The van der Waals surface area contributed by atoms with Crippen molar-refractivity contribution in [3.63, 3.8) is 0 Å². The highest BCUT2D eigenvalue weighted by Gasteiger charge is 2.42. The lowest BCUT2D eigenvalue weighted by Gasteiger charge is -2.24. The lowest BCUT2D eigenvalue weighted by molar-refractivity contribution is -0.150. The van der Waals surface area contributed by atoms with Crippen molar-refractivity contribution in [2.24, 2.45) is 5.41 Å². The van der Waals surface area contributed by atoms with Crippen molar-refractivity contribution in [3.8, 4) is 5.75 Å². The van der Waals surface area contributed by atoms with Crippen LogP contribution in [-0.4, -0.2) is 17.7 Å². The van der Waals surface area contributed by atoms with Crippen LogP contribution in [0.25, 0.3) is 0 Å². The number of aliphatic carboxylic acids is 1. The van der Waals surface area contributed by atoms with E-state index in [1.54, 1.807) is 0 Å². The first-order valence-electron chi connectivity index (χ1n) is 6.62. The van der Waals surface area contributed by atoms with E-state index in [4.69, 9.17) is 4.74 Å². The number of carboxylic acids is 1. The van der Waals surface area contributed by atoms with Crippen molar-refractivity contribution in [2.75, 3.05) is 6.61 Å². The zero-order valence-corrected chi connectivity index (χ0v) is 10.8. The van der Waals surface area contributed by atoms with E-state index in [2.05, 4.69) is 6.92 Å². The normalized spacial score (nSPS) is 17.6. The van der Waals surface area contributed by atoms with Gasteiger partial charge in [-0.05, 0) is 30.9 Å². The molecule has 0 spiro atoms. The molecule has 1 N–H and O–H groups in total. The van der Waals surface area contributed by atoms with Crippen LogP contribution in [0.15, 0.2) is 24.3 Å². The van der Waals surface area contributed by atoms with Gasteiger partial charge in [-0.3, -0.25) is 4.79 Å². The highest BCUT2D eigenvalue weighted by Crippen LogP contribution is 2.39. The minimum absolute atomic E-state index is 0.291. The first-order valence-corrected chi connectivity index (χ1v) is 6.62. The van der Waals surface area contributed by atoms with Gasteiger partial charge < -0.3 is 9.84 Å². The summed E-state index contributed by atoms with van der Waals surface area (Å²) >= 11 is 0. The molecule has 0 unspecified atom stereocenters. The predicted octanol–water partition coefficient (Wildman–Crippen LogP) is 3.27. The minimum Gasteiger partial charge on any atom is -0.492 e. The Morgan fingerprint density at radius 2 is 2.00 bits per heavy atom. The van der Waals surface area contributed by atoms with E-state index in [0.29, 0.717) is 6.61 Å². The first kappa shape index (κ1) is 12.9. The highest BCUT2D eigenvalue weighted by atomic mass is 16.5. The maximum Gasteiger partial charge on any atom is 0.313 e. The molecule has 0 saturated heterocycles. The van der Waals surface area contributed by atoms with Gasteiger partial charge in [-0.2, -0.15) is 0 Å². The Morgan fingerprint density at radius 3 is 2.61 bits per heavy atom. The summed E-state index contributed by atoms with van der Waals surface area (Å²) in [5.41, 5.74) is 0.469. The molecule has 0 heterocycles. The van der Waals surface area contributed by atoms with E-state index < -0.39 is 11.4 Å². The van der Waals surface area contributed by atoms with Crippen LogP contribution in [0.1, 0.15) is 38.2 Å². The zero-order valence-electron chi connectivity index (χ0n) is 10.8. The molecule has 0 aliphatic heterocycles. The van der Waals surface area contributed by atoms with Gasteiger partial charge >= 0.3 is 5.97 Å². The van der Waals surface area contributed by atoms with Crippen molar-refractivity contribution >= 4 is 5.97 Å².